The molecule has 4 atom stereocenters. The zero-order valence-corrected chi connectivity index (χ0v) is 19.9. The van der Waals surface area contributed by atoms with E-state index in [4.69, 9.17) is 0 Å². The summed E-state index contributed by atoms with van der Waals surface area (Å²) in [6, 6.07) is 6.95. The number of carbonyl (C=O) groups is 1. The van der Waals surface area contributed by atoms with Crippen molar-refractivity contribution in [3.8, 4) is 11.1 Å². The molecule has 1 saturated carbocycles. The topological polar surface area (TPSA) is 101 Å². The van der Waals surface area contributed by atoms with Crippen molar-refractivity contribution in [1.29, 1.82) is 0 Å². The number of alkyl halides is 2. The minimum Gasteiger partial charge on any atom is -0.481 e. The van der Waals surface area contributed by atoms with Gasteiger partial charge < -0.3 is 10.4 Å². The molecule has 184 valence electrons. The first-order valence-electron chi connectivity index (χ1n) is 11.8. The number of aryl methyl sites for hydroxylation is 1. The Hall–Kier alpha value is -3.49. The highest BCUT2D eigenvalue weighted by molar-refractivity contribution is 5.71. The van der Waals surface area contributed by atoms with Crippen LogP contribution in [0.4, 0.5) is 20.4 Å². The van der Waals surface area contributed by atoms with Crippen LogP contribution in [0.5, 0.6) is 0 Å². The van der Waals surface area contributed by atoms with E-state index < -0.39 is 12.4 Å². The number of hydrogen-bond donors (Lipinski definition) is 2. The molecule has 9 heteroatoms. The van der Waals surface area contributed by atoms with Gasteiger partial charge in [0.1, 0.15) is 11.5 Å². The maximum absolute atomic E-state index is 13.0. The van der Waals surface area contributed by atoms with E-state index in [0.717, 1.165) is 35.4 Å². The minimum atomic E-state index is -2.67. The summed E-state index contributed by atoms with van der Waals surface area (Å²) in [5.74, 6) is 0.505. The van der Waals surface area contributed by atoms with Gasteiger partial charge in [0.15, 0.2) is 0 Å². The molecular formula is C26H29F2N5O2. The molecule has 3 aromatic rings. The molecule has 0 radical (unpaired) electrons. The van der Waals surface area contributed by atoms with Crippen LogP contribution >= 0.6 is 0 Å². The first kappa shape index (κ1) is 24.6. The number of aliphatic carboxylic acids is 1. The Kier molecular flexibility index (Phi) is 7.33. The second-order valence-corrected chi connectivity index (χ2v) is 9.43. The maximum Gasteiger partial charge on any atom is 0.306 e. The number of rotatable bonds is 7. The highest BCUT2D eigenvalue weighted by Crippen LogP contribution is 2.40. The van der Waals surface area contributed by atoms with Crippen LogP contribution in [-0.2, 0) is 4.79 Å². The zero-order chi connectivity index (χ0) is 25.1. The maximum atomic E-state index is 13.0. The molecule has 7 nitrogen and oxygen atoms in total. The van der Waals surface area contributed by atoms with Gasteiger partial charge in [-0.25, -0.2) is 28.7 Å². The predicted octanol–water partition coefficient (Wildman–Crippen LogP) is 6.16. The molecule has 2 heterocycles. The van der Waals surface area contributed by atoms with E-state index in [-0.39, 0.29) is 29.4 Å². The summed E-state index contributed by atoms with van der Waals surface area (Å²) in [5, 5.41) is 12.4. The number of aromatic nitrogens is 4. The molecule has 0 amide bonds. The summed E-state index contributed by atoms with van der Waals surface area (Å²) in [6.07, 6.45) is 4.61. The van der Waals surface area contributed by atoms with Gasteiger partial charge in [-0.1, -0.05) is 19.9 Å². The van der Waals surface area contributed by atoms with Gasteiger partial charge in [0, 0.05) is 35.8 Å². The van der Waals surface area contributed by atoms with E-state index >= 15 is 0 Å². The highest BCUT2D eigenvalue weighted by atomic mass is 19.3. The number of anilines is 2. The van der Waals surface area contributed by atoms with Gasteiger partial charge in [0.25, 0.3) is 6.43 Å². The third-order valence-corrected chi connectivity index (χ3v) is 6.88. The Morgan fingerprint density at radius 3 is 2.51 bits per heavy atom. The first-order valence-corrected chi connectivity index (χ1v) is 11.8. The average Bonchev–Trinajstić information content (AvgIpc) is 2.83. The Labute approximate surface area is 203 Å². The fraction of sp³-hybridized carbons (Fsp3) is 0.423. The number of nitrogens with one attached hydrogen (secondary N) is 1. The average molecular weight is 482 g/mol. The van der Waals surface area contributed by atoms with Crippen molar-refractivity contribution in [3.63, 3.8) is 0 Å². The van der Waals surface area contributed by atoms with Crippen LogP contribution in [0.2, 0.25) is 0 Å². The number of carboxylic acids is 1. The normalized spacial score (nSPS) is 21.0. The van der Waals surface area contributed by atoms with E-state index in [1.807, 2.05) is 32.0 Å². The van der Waals surface area contributed by atoms with E-state index in [1.165, 1.54) is 12.3 Å². The van der Waals surface area contributed by atoms with Crippen molar-refractivity contribution in [2.24, 2.45) is 17.8 Å². The van der Waals surface area contributed by atoms with Crippen LogP contribution in [0.1, 0.15) is 62.5 Å². The van der Waals surface area contributed by atoms with Gasteiger partial charge in [0.05, 0.1) is 5.92 Å². The molecule has 0 bridgehead atoms. The number of hydrogen-bond acceptors (Lipinski definition) is 6. The van der Waals surface area contributed by atoms with Crippen LogP contribution < -0.4 is 5.32 Å². The van der Waals surface area contributed by atoms with E-state index in [0.29, 0.717) is 18.0 Å². The molecule has 35 heavy (non-hydrogen) atoms. The Morgan fingerprint density at radius 2 is 1.86 bits per heavy atom. The lowest BCUT2D eigenvalue weighted by Gasteiger charge is -2.34. The van der Waals surface area contributed by atoms with E-state index in [2.05, 4.69) is 32.2 Å². The van der Waals surface area contributed by atoms with Gasteiger partial charge >= 0.3 is 5.97 Å². The lowest BCUT2D eigenvalue weighted by molar-refractivity contribution is -0.145. The molecule has 0 spiro atoms. The third kappa shape index (κ3) is 5.78. The highest BCUT2D eigenvalue weighted by Gasteiger charge is 2.35. The smallest absolute Gasteiger partial charge is 0.306 e. The molecule has 1 fully saturated rings. The first-order chi connectivity index (χ1) is 16.7. The van der Waals surface area contributed by atoms with Crippen molar-refractivity contribution in [3.05, 3.63) is 59.9 Å². The summed E-state index contributed by atoms with van der Waals surface area (Å²) in [4.78, 5) is 28.6. The molecule has 0 aliphatic heterocycles. The van der Waals surface area contributed by atoms with Crippen LogP contribution in [-0.4, -0.2) is 31.0 Å². The summed E-state index contributed by atoms with van der Waals surface area (Å²) < 4.78 is 25.9. The van der Waals surface area contributed by atoms with Crippen LogP contribution in [0.25, 0.3) is 11.1 Å². The lowest BCUT2D eigenvalue weighted by Crippen LogP contribution is -2.31. The predicted molar refractivity (Wildman–Crippen MR) is 129 cm³/mol. The molecule has 1 aliphatic carbocycles. The van der Waals surface area contributed by atoms with Gasteiger partial charge in [-0.3, -0.25) is 4.79 Å². The Morgan fingerprint density at radius 1 is 1.11 bits per heavy atom. The van der Waals surface area contributed by atoms with Gasteiger partial charge in [-0.05, 0) is 67.3 Å². The molecule has 1 aliphatic rings. The van der Waals surface area contributed by atoms with Crippen LogP contribution in [0.15, 0.2) is 42.9 Å². The summed E-state index contributed by atoms with van der Waals surface area (Å²) in [7, 11) is 0. The molecule has 2 aromatic heterocycles. The summed E-state index contributed by atoms with van der Waals surface area (Å²) in [5.41, 5.74) is 3.02. The lowest BCUT2D eigenvalue weighted by atomic mass is 9.71. The van der Waals surface area contributed by atoms with Gasteiger partial charge in [-0.15, -0.1) is 0 Å². The van der Waals surface area contributed by atoms with Crippen LogP contribution in [0.3, 0.4) is 0 Å². The fourth-order valence-corrected chi connectivity index (χ4v) is 4.90. The van der Waals surface area contributed by atoms with Gasteiger partial charge in [-0.2, -0.15) is 0 Å². The monoisotopic (exact) mass is 481 g/mol. The second-order valence-electron chi connectivity index (χ2n) is 9.43. The zero-order valence-electron chi connectivity index (χ0n) is 19.9. The van der Waals surface area contributed by atoms with Crippen molar-refractivity contribution in [2.75, 3.05) is 5.32 Å². The van der Waals surface area contributed by atoms with E-state index in [9.17, 15) is 18.7 Å². The Bertz CT molecular complexity index is 1190. The molecular weight excluding hydrogens is 452 g/mol. The van der Waals surface area contributed by atoms with Crippen molar-refractivity contribution in [1.82, 2.24) is 19.9 Å². The summed E-state index contributed by atoms with van der Waals surface area (Å²) in [6.45, 7) is 6.06. The second kappa shape index (κ2) is 10.4. The van der Waals surface area contributed by atoms with Crippen molar-refractivity contribution < 1.29 is 18.7 Å². The van der Waals surface area contributed by atoms with E-state index in [1.54, 1.807) is 12.4 Å². The van der Waals surface area contributed by atoms with Gasteiger partial charge in [0.2, 0.25) is 5.95 Å². The molecule has 4 rings (SSSR count). The Balaban J connectivity index is 1.49. The summed E-state index contributed by atoms with van der Waals surface area (Å²) >= 11 is 0. The SMILES string of the molecule is Cc1cc(Nc2nccc(C(F)F)n2)cc(-c2cnc([C@H](C)C3CCC(C(=O)O)C(C)C3)nc2)c1. The fourth-order valence-electron chi connectivity index (χ4n) is 4.90. The molecule has 2 N–H and O–H groups in total. The quantitative estimate of drug-likeness (QED) is 0.416. The third-order valence-electron chi connectivity index (χ3n) is 6.88. The largest absolute Gasteiger partial charge is 0.481 e. The van der Waals surface area contributed by atoms with Crippen molar-refractivity contribution >= 4 is 17.6 Å². The minimum absolute atomic E-state index is 0.103. The van der Waals surface area contributed by atoms with Crippen molar-refractivity contribution in [2.45, 2.75) is 52.4 Å². The van der Waals surface area contributed by atoms with Crippen LogP contribution in [0, 0.1) is 24.7 Å². The standard InChI is InChI=1S/C26H29F2N5O2/c1-14-8-18(11-20(9-14)32-26-29-7-6-22(33-26)23(27)28)19-12-30-24(31-13-19)16(3)17-4-5-21(25(34)35)15(2)10-17/h6-9,11-13,15-17,21,23H,4-5,10H2,1-3H3,(H,34,35)(H,29,32,33)/t15?,16-,17?,21?/m1/s1. The molecule has 0 saturated heterocycles. The number of halogens is 2. The molecule has 1 aromatic carbocycles. The number of carboxylic acid groups (broad SMARTS) is 1. The number of benzene rings is 1. The molecule has 3 unspecified atom stereocenters. The number of nitrogens with zero attached hydrogens (tertiary/aromatic N) is 4.